The molecule has 0 saturated heterocycles. The molecule has 15 heavy (non-hydrogen) atoms. The van der Waals surface area contributed by atoms with Crippen LogP contribution in [-0.2, 0) is 18.3 Å². The van der Waals surface area contributed by atoms with Crippen molar-refractivity contribution in [1.82, 2.24) is 15.0 Å². The van der Waals surface area contributed by atoms with Crippen LogP contribution in [0.2, 0.25) is 0 Å². The van der Waals surface area contributed by atoms with Gasteiger partial charge >= 0.3 is 0 Å². The maximum absolute atomic E-state index is 12.1. The summed E-state index contributed by atoms with van der Waals surface area (Å²) in [5, 5.41) is 7.78. The van der Waals surface area contributed by atoms with Crippen molar-refractivity contribution in [3.05, 3.63) is 11.9 Å². The van der Waals surface area contributed by atoms with Crippen molar-refractivity contribution in [1.29, 1.82) is 0 Å². The number of nitrogens with zero attached hydrogens (tertiary/aromatic N) is 3. The van der Waals surface area contributed by atoms with Crippen LogP contribution in [-0.4, -0.2) is 20.8 Å². The van der Waals surface area contributed by atoms with Crippen molar-refractivity contribution in [2.45, 2.75) is 39.0 Å². The van der Waals surface area contributed by atoms with E-state index in [0.29, 0.717) is 12.2 Å². The predicted octanol–water partition coefficient (Wildman–Crippen LogP) is 1.51. The topological polar surface area (TPSA) is 47.8 Å². The molecule has 1 aliphatic carbocycles. The first kappa shape index (κ1) is 10.3. The molecule has 2 rings (SSSR count). The third kappa shape index (κ3) is 2.08. The van der Waals surface area contributed by atoms with Gasteiger partial charge in [-0.3, -0.25) is 9.48 Å². The number of Topliss-reactive ketones (excluding diaryl/α,β-unsaturated/α-hetero) is 1. The number of rotatable bonds is 3. The number of carbonyl (C=O) groups is 1. The smallest absolute Gasteiger partial charge is 0.144 e. The molecule has 4 heteroatoms. The molecule has 1 aromatic heterocycles. The van der Waals surface area contributed by atoms with Gasteiger partial charge in [0, 0.05) is 18.7 Å². The van der Waals surface area contributed by atoms with E-state index in [9.17, 15) is 4.79 Å². The zero-order chi connectivity index (χ0) is 10.9. The first-order chi connectivity index (χ1) is 7.10. The van der Waals surface area contributed by atoms with Crippen molar-refractivity contribution >= 4 is 5.78 Å². The van der Waals surface area contributed by atoms with Gasteiger partial charge in [0.25, 0.3) is 0 Å². The van der Waals surface area contributed by atoms with E-state index in [1.54, 1.807) is 4.68 Å². The standard InChI is InChI=1S/C11H17N3O/c1-11(5-3-4-6-11)10(15)7-9-8-14(2)13-12-9/h8H,3-7H2,1-2H3. The van der Waals surface area contributed by atoms with Gasteiger partial charge in [0.05, 0.1) is 12.1 Å². The van der Waals surface area contributed by atoms with Gasteiger partial charge in [-0.05, 0) is 12.8 Å². The van der Waals surface area contributed by atoms with E-state index in [2.05, 4.69) is 17.2 Å². The Morgan fingerprint density at radius 2 is 2.20 bits per heavy atom. The highest BCUT2D eigenvalue weighted by Gasteiger charge is 2.35. The summed E-state index contributed by atoms with van der Waals surface area (Å²) < 4.78 is 1.64. The van der Waals surface area contributed by atoms with Crippen LogP contribution in [0.4, 0.5) is 0 Å². The number of aromatic nitrogens is 3. The second-order valence-electron chi connectivity index (χ2n) is 4.75. The molecular formula is C11H17N3O. The SMILES string of the molecule is Cn1cc(CC(=O)C2(C)CCCC2)nn1. The Morgan fingerprint density at radius 1 is 1.53 bits per heavy atom. The fourth-order valence-electron chi connectivity index (χ4n) is 2.29. The van der Waals surface area contributed by atoms with Gasteiger partial charge in [-0.2, -0.15) is 0 Å². The number of aryl methyl sites for hydroxylation is 1. The molecule has 0 unspecified atom stereocenters. The van der Waals surface area contributed by atoms with Gasteiger partial charge in [-0.1, -0.05) is 25.0 Å². The highest BCUT2D eigenvalue weighted by atomic mass is 16.1. The molecular weight excluding hydrogens is 190 g/mol. The minimum atomic E-state index is -0.0997. The molecule has 0 radical (unpaired) electrons. The molecule has 1 aromatic rings. The van der Waals surface area contributed by atoms with E-state index in [1.807, 2.05) is 13.2 Å². The first-order valence-corrected chi connectivity index (χ1v) is 5.49. The van der Waals surface area contributed by atoms with Gasteiger partial charge in [0.1, 0.15) is 5.78 Å². The largest absolute Gasteiger partial charge is 0.299 e. The molecule has 0 atom stereocenters. The van der Waals surface area contributed by atoms with Crippen LogP contribution in [0.1, 0.15) is 38.3 Å². The van der Waals surface area contributed by atoms with Crippen molar-refractivity contribution in [3.63, 3.8) is 0 Å². The van der Waals surface area contributed by atoms with Gasteiger partial charge in [-0.25, -0.2) is 0 Å². The highest BCUT2D eigenvalue weighted by Crippen LogP contribution is 2.38. The molecule has 82 valence electrons. The number of hydrogen-bond acceptors (Lipinski definition) is 3. The van der Waals surface area contributed by atoms with Crippen LogP contribution in [0.25, 0.3) is 0 Å². The lowest BCUT2D eigenvalue weighted by atomic mass is 9.82. The zero-order valence-electron chi connectivity index (χ0n) is 9.36. The highest BCUT2D eigenvalue weighted by molar-refractivity contribution is 5.86. The molecule has 1 fully saturated rings. The Hall–Kier alpha value is -1.19. The van der Waals surface area contributed by atoms with E-state index in [4.69, 9.17) is 0 Å². The normalized spacial score (nSPS) is 19.3. The molecule has 0 amide bonds. The van der Waals surface area contributed by atoms with Gasteiger partial charge < -0.3 is 0 Å². The summed E-state index contributed by atoms with van der Waals surface area (Å²) in [4.78, 5) is 12.1. The first-order valence-electron chi connectivity index (χ1n) is 5.49. The van der Waals surface area contributed by atoms with E-state index in [0.717, 1.165) is 18.5 Å². The summed E-state index contributed by atoms with van der Waals surface area (Å²) in [5.74, 6) is 0.320. The summed E-state index contributed by atoms with van der Waals surface area (Å²) in [7, 11) is 1.82. The van der Waals surface area contributed by atoms with Gasteiger partial charge in [0.15, 0.2) is 0 Å². The molecule has 1 heterocycles. The van der Waals surface area contributed by atoms with Crippen LogP contribution in [0.15, 0.2) is 6.20 Å². The maximum Gasteiger partial charge on any atom is 0.144 e. The molecule has 1 aliphatic rings. The molecule has 0 aromatic carbocycles. The summed E-state index contributed by atoms with van der Waals surface area (Å²) in [6, 6.07) is 0. The third-order valence-corrected chi connectivity index (χ3v) is 3.37. The minimum Gasteiger partial charge on any atom is -0.299 e. The maximum atomic E-state index is 12.1. The van der Waals surface area contributed by atoms with E-state index in [1.165, 1.54) is 12.8 Å². The van der Waals surface area contributed by atoms with Crippen molar-refractivity contribution < 1.29 is 4.79 Å². The Bertz CT molecular complexity index is 364. The minimum absolute atomic E-state index is 0.0997. The number of carbonyl (C=O) groups excluding carboxylic acids is 1. The number of ketones is 1. The van der Waals surface area contributed by atoms with E-state index < -0.39 is 0 Å². The van der Waals surface area contributed by atoms with E-state index in [-0.39, 0.29) is 5.41 Å². The van der Waals surface area contributed by atoms with Crippen LogP contribution in [0, 0.1) is 5.41 Å². The second kappa shape index (κ2) is 3.76. The van der Waals surface area contributed by atoms with Crippen molar-refractivity contribution in [2.24, 2.45) is 12.5 Å². The summed E-state index contributed by atoms with van der Waals surface area (Å²) >= 11 is 0. The lowest BCUT2D eigenvalue weighted by Gasteiger charge is -2.20. The van der Waals surface area contributed by atoms with Gasteiger partial charge in [0.2, 0.25) is 0 Å². The van der Waals surface area contributed by atoms with Crippen LogP contribution in [0.3, 0.4) is 0 Å². The van der Waals surface area contributed by atoms with Crippen LogP contribution < -0.4 is 0 Å². The lowest BCUT2D eigenvalue weighted by Crippen LogP contribution is -2.26. The van der Waals surface area contributed by atoms with E-state index >= 15 is 0 Å². The Morgan fingerprint density at radius 3 is 2.73 bits per heavy atom. The quantitative estimate of drug-likeness (QED) is 0.754. The van der Waals surface area contributed by atoms with Crippen LogP contribution >= 0.6 is 0 Å². The zero-order valence-corrected chi connectivity index (χ0v) is 9.36. The molecule has 0 N–H and O–H groups in total. The second-order valence-corrected chi connectivity index (χ2v) is 4.75. The fraction of sp³-hybridized carbons (Fsp3) is 0.727. The third-order valence-electron chi connectivity index (χ3n) is 3.37. The lowest BCUT2D eigenvalue weighted by molar-refractivity contribution is -0.127. The number of hydrogen-bond donors (Lipinski definition) is 0. The summed E-state index contributed by atoms with van der Waals surface area (Å²) in [5.41, 5.74) is 0.688. The molecule has 4 nitrogen and oxygen atoms in total. The Kier molecular flexibility index (Phi) is 2.59. The molecule has 0 spiro atoms. The monoisotopic (exact) mass is 207 g/mol. The summed E-state index contributed by atoms with van der Waals surface area (Å²) in [6.07, 6.45) is 6.68. The predicted molar refractivity (Wildman–Crippen MR) is 56.3 cm³/mol. The average Bonchev–Trinajstić information content (AvgIpc) is 2.76. The van der Waals surface area contributed by atoms with Crippen molar-refractivity contribution in [2.75, 3.05) is 0 Å². The Labute approximate surface area is 89.7 Å². The average molecular weight is 207 g/mol. The fourth-order valence-corrected chi connectivity index (χ4v) is 2.29. The molecule has 1 saturated carbocycles. The Balaban J connectivity index is 2.03. The molecule has 0 aliphatic heterocycles. The summed E-state index contributed by atoms with van der Waals surface area (Å²) in [6.45, 7) is 2.08. The molecule has 0 bridgehead atoms. The van der Waals surface area contributed by atoms with Gasteiger partial charge in [-0.15, -0.1) is 5.10 Å². The van der Waals surface area contributed by atoms with Crippen LogP contribution in [0.5, 0.6) is 0 Å². The van der Waals surface area contributed by atoms with Crippen molar-refractivity contribution in [3.8, 4) is 0 Å².